The predicted molar refractivity (Wildman–Crippen MR) is 90.0 cm³/mol. The van der Waals surface area contributed by atoms with Gasteiger partial charge in [0.2, 0.25) is 0 Å². The number of benzene rings is 1. The Bertz CT molecular complexity index is 617. The average molecular weight is 298 g/mol. The minimum absolute atomic E-state index is 0.282. The van der Waals surface area contributed by atoms with E-state index >= 15 is 0 Å². The molecule has 2 heterocycles. The van der Waals surface area contributed by atoms with Gasteiger partial charge in [-0.3, -0.25) is 4.90 Å². The molecular weight excluding hydrogens is 272 g/mol. The summed E-state index contributed by atoms with van der Waals surface area (Å²) in [6.45, 7) is 7.45. The molecule has 2 atom stereocenters. The summed E-state index contributed by atoms with van der Waals surface area (Å²) >= 11 is 0. The molecule has 22 heavy (non-hydrogen) atoms. The lowest BCUT2D eigenvalue weighted by molar-refractivity contribution is 0.152. The summed E-state index contributed by atoms with van der Waals surface area (Å²) in [6.07, 6.45) is 4.39. The largest absolute Gasteiger partial charge is 0.328 e. The highest BCUT2D eigenvalue weighted by molar-refractivity contribution is 5.40. The van der Waals surface area contributed by atoms with Crippen LogP contribution in [0.1, 0.15) is 31.0 Å². The number of hydrogen-bond acceptors (Lipinski definition) is 3. The zero-order valence-corrected chi connectivity index (χ0v) is 13.6. The first-order chi connectivity index (χ1) is 10.6. The summed E-state index contributed by atoms with van der Waals surface area (Å²) in [5.74, 6) is 0.614. The first-order valence-electron chi connectivity index (χ1n) is 8.22. The van der Waals surface area contributed by atoms with Gasteiger partial charge in [0, 0.05) is 25.3 Å². The highest BCUT2D eigenvalue weighted by atomic mass is 15.3. The van der Waals surface area contributed by atoms with E-state index in [0.717, 1.165) is 19.6 Å². The smallest absolute Gasteiger partial charge is 0.0678 e. The van der Waals surface area contributed by atoms with Crippen molar-refractivity contribution in [2.45, 2.75) is 39.3 Å². The third-order valence-electron chi connectivity index (χ3n) is 4.74. The summed E-state index contributed by atoms with van der Waals surface area (Å²) in [7, 11) is 0. The van der Waals surface area contributed by atoms with Crippen LogP contribution < -0.4 is 5.73 Å². The van der Waals surface area contributed by atoms with Gasteiger partial charge < -0.3 is 5.73 Å². The first-order valence-corrected chi connectivity index (χ1v) is 8.22. The van der Waals surface area contributed by atoms with Crippen LogP contribution in [0.5, 0.6) is 0 Å². The van der Waals surface area contributed by atoms with Gasteiger partial charge >= 0.3 is 0 Å². The van der Waals surface area contributed by atoms with Gasteiger partial charge in [-0.15, -0.1) is 0 Å². The Morgan fingerprint density at radius 1 is 1.32 bits per heavy atom. The molecule has 1 saturated heterocycles. The van der Waals surface area contributed by atoms with E-state index in [4.69, 9.17) is 5.73 Å². The van der Waals surface area contributed by atoms with Crippen LogP contribution in [0.4, 0.5) is 0 Å². The summed E-state index contributed by atoms with van der Waals surface area (Å²) in [5, 5.41) is 4.53. The van der Waals surface area contributed by atoms with E-state index < -0.39 is 0 Å². The topological polar surface area (TPSA) is 47.1 Å². The highest BCUT2D eigenvalue weighted by Crippen LogP contribution is 2.22. The van der Waals surface area contributed by atoms with Gasteiger partial charge in [-0.2, -0.15) is 5.10 Å². The van der Waals surface area contributed by atoms with Crippen LogP contribution in [0.3, 0.4) is 0 Å². The lowest BCUT2D eigenvalue weighted by atomic mass is 9.92. The number of piperidine rings is 1. The van der Waals surface area contributed by atoms with Crippen LogP contribution in [-0.2, 0) is 6.54 Å². The fraction of sp³-hybridized carbons (Fsp3) is 0.500. The second-order valence-electron chi connectivity index (χ2n) is 6.52. The number of nitrogens with two attached hydrogens (primary N) is 1. The number of hydrogen-bond donors (Lipinski definition) is 1. The van der Waals surface area contributed by atoms with Crippen LogP contribution in [0.2, 0.25) is 0 Å². The van der Waals surface area contributed by atoms with Crippen LogP contribution in [0.15, 0.2) is 36.5 Å². The predicted octanol–water partition coefficient (Wildman–Crippen LogP) is 2.74. The van der Waals surface area contributed by atoms with Crippen molar-refractivity contribution in [2.75, 3.05) is 13.1 Å². The third kappa shape index (κ3) is 3.23. The normalized spacial score (nSPS) is 21.0. The maximum Gasteiger partial charge on any atom is 0.0678 e. The monoisotopic (exact) mass is 298 g/mol. The second kappa shape index (κ2) is 6.63. The molecule has 0 bridgehead atoms. The number of para-hydroxylation sites is 1. The Hall–Kier alpha value is -1.65. The Morgan fingerprint density at radius 3 is 2.91 bits per heavy atom. The van der Waals surface area contributed by atoms with Crippen LogP contribution in [0, 0.1) is 12.8 Å². The molecule has 2 unspecified atom stereocenters. The molecule has 118 valence electrons. The number of nitrogens with zero attached hydrogens (tertiary/aromatic N) is 3. The van der Waals surface area contributed by atoms with Crippen LogP contribution in [-0.4, -0.2) is 33.8 Å². The van der Waals surface area contributed by atoms with Gasteiger partial charge in [-0.05, 0) is 56.8 Å². The van der Waals surface area contributed by atoms with E-state index in [-0.39, 0.29) is 6.04 Å². The van der Waals surface area contributed by atoms with Crippen molar-refractivity contribution in [3.8, 4) is 5.69 Å². The Balaban J connectivity index is 1.77. The molecule has 3 rings (SSSR count). The molecule has 0 aliphatic carbocycles. The lowest BCUT2D eigenvalue weighted by Crippen LogP contribution is -2.42. The maximum absolute atomic E-state index is 6.10. The van der Waals surface area contributed by atoms with E-state index in [9.17, 15) is 0 Å². The fourth-order valence-electron chi connectivity index (χ4n) is 3.36. The average Bonchev–Trinajstić information content (AvgIpc) is 2.96. The standard InChI is InChI=1S/C18H26N4/c1-14-6-3-4-8-18(14)22-17(9-10-20-22)13-21-11-5-7-16(12-21)15(2)19/h3-4,6,8-10,15-16H,5,7,11-13,19H2,1-2H3. The van der Waals surface area contributed by atoms with Crippen LogP contribution in [0.25, 0.3) is 5.69 Å². The van der Waals surface area contributed by atoms with Gasteiger partial charge in [-0.25, -0.2) is 4.68 Å². The van der Waals surface area contributed by atoms with Crippen LogP contribution >= 0.6 is 0 Å². The summed E-state index contributed by atoms with van der Waals surface area (Å²) in [5.41, 5.74) is 9.77. The highest BCUT2D eigenvalue weighted by Gasteiger charge is 2.23. The second-order valence-corrected chi connectivity index (χ2v) is 6.52. The third-order valence-corrected chi connectivity index (χ3v) is 4.74. The van der Waals surface area contributed by atoms with Crippen molar-refractivity contribution < 1.29 is 0 Å². The minimum atomic E-state index is 0.282. The molecule has 1 aliphatic rings. The Morgan fingerprint density at radius 2 is 2.14 bits per heavy atom. The fourth-order valence-corrected chi connectivity index (χ4v) is 3.36. The van der Waals surface area contributed by atoms with E-state index in [0.29, 0.717) is 5.92 Å². The molecule has 1 aliphatic heterocycles. The molecule has 0 radical (unpaired) electrons. The summed E-state index contributed by atoms with van der Waals surface area (Å²) < 4.78 is 2.07. The van der Waals surface area contributed by atoms with E-state index in [1.807, 2.05) is 6.20 Å². The Kier molecular flexibility index (Phi) is 4.60. The summed E-state index contributed by atoms with van der Waals surface area (Å²) in [4.78, 5) is 2.52. The SMILES string of the molecule is Cc1ccccc1-n1nccc1CN1CCCC(C(C)N)C1. The quantitative estimate of drug-likeness (QED) is 0.944. The van der Waals surface area contributed by atoms with Crippen molar-refractivity contribution >= 4 is 0 Å². The van der Waals surface area contributed by atoms with Crippen molar-refractivity contribution in [1.82, 2.24) is 14.7 Å². The molecule has 1 aromatic heterocycles. The van der Waals surface area contributed by atoms with Crippen molar-refractivity contribution in [3.05, 3.63) is 47.8 Å². The number of aryl methyl sites for hydroxylation is 1. The van der Waals surface area contributed by atoms with Gasteiger partial charge in [0.05, 0.1) is 11.4 Å². The van der Waals surface area contributed by atoms with E-state index in [1.165, 1.54) is 29.8 Å². The first kappa shape index (κ1) is 15.3. The molecule has 0 spiro atoms. The van der Waals surface area contributed by atoms with Crippen molar-refractivity contribution in [3.63, 3.8) is 0 Å². The number of likely N-dealkylation sites (tertiary alicyclic amines) is 1. The molecule has 2 aromatic rings. The maximum atomic E-state index is 6.10. The molecule has 1 aromatic carbocycles. The zero-order chi connectivity index (χ0) is 15.5. The van der Waals surface area contributed by atoms with Crippen molar-refractivity contribution in [2.24, 2.45) is 11.7 Å². The molecular formula is C18H26N4. The Labute approximate surface area is 132 Å². The number of aromatic nitrogens is 2. The van der Waals surface area contributed by atoms with Gasteiger partial charge in [0.25, 0.3) is 0 Å². The van der Waals surface area contributed by atoms with Gasteiger partial charge in [-0.1, -0.05) is 18.2 Å². The molecule has 0 saturated carbocycles. The summed E-state index contributed by atoms with van der Waals surface area (Å²) in [6, 6.07) is 10.8. The van der Waals surface area contributed by atoms with E-state index in [1.54, 1.807) is 0 Å². The minimum Gasteiger partial charge on any atom is -0.328 e. The molecule has 4 heteroatoms. The van der Waals surface area contributed by atoms with E-state index in [2.05, 4.69) is 58.9 Å². The van der Waals surface area contributed by atoms with Gasteiger partial charge in [0.15, 0.2) is 0 Å². The lowest BCUT2D eigenvalue weighted by Gasteiger charge is -2.34. The van der Waals surface area contributed by atoms with Crippen molar-refractivity contribution in [1.29, 1.82) is 0 Å². The molecule has 1 fully saturated rings. The molecule has 0 amide bonds. The number of rotatable bonds is 4. The van der Waals surface area contributed by atoms with Gasteiger partial charge in [0.1, 0.15) is 0 Å². The zero-order valence-electron chi connectivity index (χ0n) is 13.6. The molecule has 4 nitrogen and oxygen atoms in total. The molecule has 2 N–H and O–H groups in total.